The number of aryl methyl sites for hydroxylation is 1. The minimum absolute atomic E-state index is 0.0478. The molecule has 0 unspecified atom stereocenters. The summed E-state index contributed by atoms with van der Waals surface area (Å²) in [5.41, 5.74) is 1.46. The molecule has 0 spiro atoms. The zero-order chi connectivity index (χ0) is 20.3. The second-order valence-corrected chi connectivity index (χ2v) is 8.71. The Balaban J connectivity index is 1.59. The van der Waals surface area contributed by atoms with Crippen LogP contribution >= 0.6 is 11.6 Å². The molecule has 28 heavy (non-hydrogen) atoms. The molecule has 6 nitrogen and oxygen atoms in total. The molecule has 152 valence electrons. The highest BCUT2D eigenvalue weighted by molar-refractivity contribution is 6.31. The average Bonchev–Trinajstić information content (AvgIpc) is 3.37. The first-order chi connectivity index (χ1) is 13.2. The van der Waals surface area contributed by atoms with E-state index < -0.39 is 0 Å². The fourth-order valence-electron chi connectivity index (χ4n) is 3.09. The lowest BCUT2D eigenvalue weighted by atomic mass is 10.2. The molecule has 1 N–H and O–H groups in total. The molecule has 0 saturated heterocycles. The molecular weight excluding hydrogens is 376 g/mol. The van der Waals surface area contributed by atoms with Crippen molar-refractivity contribution < 1.29 is 9.53 Å². The number of nitrogens with zero attached hydrogens (tertiary/aromatic N) is 3. The lowest BCUT2D eigenvalue weighted by molar-refractivity contribution is -0.116. The van der Waals surface area contributed by atoms with Gasteiger partial charge in [0.1, 0.15) is 11.6 Å². The van der Waals surface area contributed by atoms with Gasteiger partial charge in [-0.1, -0.05) is 17.7 Å². The number of aromatic nitrogens is 3. The fourth-order valence-corrected chi connectivity index (χ4v) is 3.26. The van der Waals surface area contributed by atoms with E-state index in [0.29, 0.717) is 30.5 Å². The van der Waals surface area contributed by atoms with Gasteiger partial charge in [-0.3, -0.25) is 4.79 Å². The molecule has 0 radical (unpaired) electrons. The zero-order valence-electron chi connectivity index (χ0n) is 17.1. The number of amides is 1. The van der Waals surface area contributed by atoms with Crippen LogP contribution in [-0.2, 0) is 22.4 Å². The largest absolute Gasteiger partial charge is 0.375 e. The number of hydrogen-bond donors (Lipinski definition) is 1. The smallest absolute Gasteiger partial charge is 0.224 e. The summed E-state index contributed by atoms with van der Waals surface area (Å²) >= 11 is 6.12. The lowest BCUT2D eigenvalue weighted by Crippen LogP contribution is -2.21. The van der Waals surface area contributed by atoms with Crippen LogP contribution in [0.25, 0.3) is 0 Å². The molecule has 1 fully saturated rings. The summed E-state index contributed by atoms with van der Waals surface area (Å²) in [4.78, 5) is 12.4. The standard InChI is InChI=1S/C21H29ClN4O2/c1-14-16(22)6-5-7-17(14)23-20(27)11-10-18-24-25-19(26(18)15-8-9-15)12-13-28-21(2,3)4/h5-7,15H,8-13H2,1-4H3,(H,23,27). The highest BCUT2D eigenvalue weighted by Crippen LogP contribution is 2.37. The Morgan fingerprint density at radius 1 is 1.25 bits per heavy atom. The van der Waals surface area contributed by atoms with Crippen LogP contribution in [0.5, 0.6) is 0 Å². The molecule has 1 aromatic carbocycles. The van der Waals surface area contributed by atoms with Gasteiger partial charge in [0.25, 0.3) is 0 Å². The van der Waals surface area contributed by atoms with Gasteiger partial charge >= 0.3 is 0 Å². The molecule has 7 heteroatoms. The van der Waals surface area contributed by atoms with Crippen molar-refractivity contribution in [1.82, 2.24) is 14.8 Å². The maximum Gasteiger partial charge on any atom is 0.224 e. The average molecular weight is 405 g/mol. The summed E-state index contributed by atoms with van der Waals surface area (Å²) in [5.74, 6) is 1.78. The Hall–Kier alpha value is -1.92. The molecule has 1 heterocycles. The quantitative estimate of drug-likeness (QED) is 0.703. The van der Waals surface area contributed by atoms with Crippen LogP contribution in [0.15, 0.2) is 18.2 Å². The van der Waals surface area contributed by atoms with E-state index in [1.807, 2.05) is 45.9 Å². The number of carbonyl (C=O) groups excluding carboxylic acids is 1. The molecular formula is C21H29ClN4O2. The van der Waals surface area contributed by atoms with Gasteiger partial charge in [-0.15, -0.1) is 10.2 Å². The van der Waals surface area contributed by atoms with E-state index in [0.717, 1.165) is 42.2 Å². The summed E-state index contributed by atoms with van der Waals surface area (Å²) < 4.78 is 8.04. The van der Waals surface area contributed by atoms with Crippen molar-refractivity contribution in [1.29, 1.82) is 0 Å². The maximum absolute atomic E-state index is 12.4. The van der Waals surface area contributed by atoms with E-state index in [4.69, 9.17) is 16.3 Å². The van der Waals surface area contributed by atoms with Crippen LogP contribution in [0.3, 0.4) is 0 Å². The van der Waals surface area contributed by atoms with Crippen LogP contribution in [0.4, 0.5) is 5.69 Å². The van der Waals surface area contributed by atoms with Crippen molar-refractivity contribution in [3.63, 3.8) is 0 Å². The Kier molecular flexibility index (Phi) is 6.40. The summed E-state index contributed by atoms with van der Waals surface area (Å²) in [7, 11) is 0. The van der Waals surface area contributed by atoms with Crippen LogP contribution in [-0.4, -0.2) is 32.9 Å². The molecule has 2 aromatic rings. The first-order valence-corrected chi connectivity index (χ1v) is 10.2. The molecule has 1 amide bonds. The second kappa shape index (κ2) is 8.62. The summed E-state index contributed by atoms with van der Waals surface area (Å²) in [6.45, 7) is 8.65. The fraction of sp³-hybridized carbons (Fsp3) is 0.571. The highest BCUT2D eigenvalue weighted by atomic mass is 35.5. The monoisotopic (exact) mass is 404 g/mol. The summed E-state index contributed by atoms with van der Waals surface area (Å²) in [6.07, 6.45) is 3.94. The molecule has 0 aliphatic heterocycles. The number of anilines is 1. The van der Waals surface area contributed by atoms with Crippen LogP contribution in [0.2, 0.25) is 5.02 Å². The Morgan fingerprint density at radius 3 is 2.57 bits per heavy atom. The van der Waals surface area contributed by atoms with Crippen LogP contribution < -0.4 is 5.32 Å². The molecule has 0 bridgehead atoms. The first-order valence-electron chi connectivity index (χ1n) is 9.86. The van der Waals surface area contributed by atoms with Crippen molar-refractivity contribution in [3.8, 4) is 0 Å². The van der Waals surface area contributed by atoms with Gasteiger partial charge in [0.05, 0.1) is 12.2 Å². The van der Waals surface area contributed by atoms with Crippen molar-refractivity contribution in [3.05, 3.63) is 40.4 Å². The number of benzene rings is 1. The lowest BCUT2D eigenvalue weighted by Gasteiger charge is -2.19. The van der Waals surface area contributed by atoms with Crippen LogP contribution in [0, 0.1) is 6.92 Å². The number of ether oxygens (including phenoxy) is 1. The van der Waals surface area contributed by atoms with E-state index in [9.17, 15) is 4.79 Å². The third-order valence-electron chi connectivity index (χ3n) is 4.73. The van der Waals surface area contributed by atoms with Crippen molar-refractivity contribution in [2.75, 3.05) is 11.9 Å². The van der Waals surface area contributed by atoms with Gasteiger partial charge in [-0.2, -0.15) is 0 Å². The van der Waals surface area contributed by atoms with Crippen LogP contribution in [0.1, 0.15) is 63.3 Å². The van der Waals surface area contributed by atoms with Crippen molar-refractivity contribution >= 4 is 23.2 Å². The normalized spacial score (nSPS) is 14.3. The Morgan fingerprint density at radius 2 is 1.93 bits per heavy atom. The van der Waals surface area contributed by atoms with Gasteiger partial charge in [0, 0.05) is 36.0 Å². The third kappa shape index (κ3) is 5.55. The van der Waals surface area contributed by atoms with Crippen molar-refractivity contribution in [2.45, 2.75) is 71.4 Å². The van der Waals surface area contributed by atoms with Gasteiger partial charge in [0.2, 0.25) is 5.91 Å². The number of carbonyl (C=O) groups is 1. The predicted octanol–water partition coefficient (Wildman–Crippen LogP) is 4.50. The van der Waals surface area contributed by atoms with Gasteiger partial charge < -0.3 is 14.6 Å². The van der Waals surface area contributed by atoms with E-state index >= 15 is 0 Å². The third-order valence-corrected chi connectivity index (χ3v) is 5.14. The second-order valence-electron chi connectivity index (χ2n) is 8.31. The maximum atomic E-state index is 12.4. The highest BCUT2D eigenvalue weighted by Gasteiger charge is 2.29. The Labute approximate surface area is 171 Å². The number of nitrogens with one attached hydrogen (secondary N) is 1. The minimum atomic E-state index is -0.163. The van der Waals surface area contributed by atoms with E-state index in [1.165, 1.54) is 0 Å². The van der Waals surface area contributed by atoms with Gasteiger partial charge in [0.15, 0.2) is 0 Å². The van der Waals surface area contributed by atoms with Gasteiger partial charge in [-0.25, -0.2) is 0 Å². The van der Waals surface area contributed by atoms with E-state index in [2.05, 4.69) is 20.1 Å². The number of halogens is 1. The molecule has 1 saturated carbocycles. The minimum Gasteiger partial charge on any atom is -0.375 e. The molecule has 3 rings (SSSR count). The molecule has 0 atom stereocenters. The van der Waals surface area contributed by atoms with Crippen molar-refractivity contribution in [2.24, 2.45) is 0 Å². The summed E-state index contributed by atoms with van der Waals surface area (Å²) in [6, 6.07) is 5.97. The summed E-state index contributed by atoms with van der Waals surface area (Å²) in [5, 5.41) is 12.3. The first kappa shape index (κ1) is 20.8. The molecule has 1 aromatic heterocycles. The predicted molar refractivity (Wildman–Crippen MR) is 111 cm³/mol. The number of hydrogen-bond acceptors (Lipinski definition) is 4. The van der Waals surface area contributed by atoms with Gasteiger partial charge in [-0.05, 0) is 58.2 Å². The van der Waals surface area contributed by atoms with E-state index in [1.54, 1.807) is 0 Å². The number of rotatable bonds is 8. The molecule has 1 aliphatic rings. The Bertz CT molecular complexity index is 837. The SMILES string of the molecule is Cc1c(Cl)cccc1NC(=O)CCc1nnc(CCOC(C)(C)C)n1C1CC1. The van der Waals surface area contributed by atoms with E-state index in [-0.39, 0.29) is 11.5 Å². The topological polar surface area (TPSA) is 69.0 Å². The molecule has 1 aliphatic carbocycles. The zero-order valence-corrected chi connectivity index (χ0v) is 17.8.